The van der Waals surface area contributed by atoms with Crippen LogP contribution in [0.25, 0.3) is 20.9 Å². The molecule has 3 rings (SSSR count). The zero-order chi connectivity index (χ0) is 27.4. The highest BCUT2D eigenvalue weighted by molar-refractivity contribution is 7.16. The van der Waals surface area contributed by atoms with Crippen LogP contribution in [0.3, 0.4) is 0 Å². The van der Waals surface area contributed by atoms with Crippen molar-refractivity contribution in [3.8, 4) is 20.9 Å². The Hall–Kier alpha value is -2.12. The molecule has 6 heteroatoms. The van der Waals surface area contributed by atoms with Gasteiger partial charge in [0.15, 0.2) is 10.9 Å². The van der Waals surface area contributed by atoms with Crippen LogP contribution >= 0.6 is 22.7 Å². The van der Waals surface area contributed by atoms with Crippen molar-refractivity contribution in [2.45, 2.75) is 73.1 Å². The molecule has 0 bridgehead atoms. The van der Waals surface area contributed by atoms with E-state index in [1.165, 1.54) is 0 Å². The normalized spacial score (nSPS) is 12.1. The van der Waals surface area contributed by atoms with E-state index >= 15 is 0 Å². The van der Waals surface area contributed by atoms with Gasteiger partial charge in [0.2, 0.25) is 0 Å². The van der Waals surface area contributed by atoms with Gasteiger partial charge in [0, 0.05) is 56.0 Å². The SMILES string of the molecule is CC.CC(CO)CCCc1cc(=O)cc(-c2ccccc2-c2cc(=O)cc(CCCC(C)(C)CO)s2)s1. The van der Waals surface area contributed by atoms with Crippen molar-refractivity contribution in [1.82, 2.24) is 0 Å². The van der Waals surface area contributed by atoms with Gasteiger partial charge in [-0.05, 0) is 62.0 Å². The zero-order valence-electron chi connectivity index (χ0n) is 22.9. The maximum atomic E-state index is 12.6. The molecule has 0 fully saturated rings. The Kier molecular flexibility index (Phi) is 12.9. The highest BCUT2D eigenvalue weighted by Gasteiger charge is 2.16. The Morgan fingerprint density at radius 2 is 1.30 bits per heavy atom. The topological polar surface area (TPSA) is 74.6 Å². The Labute approximate surface area is 229 Å². The van der Waals surface area contributed by atoms with Crippen LogP contribution in [0, 0.1) is 11.3 Å². The molecule has 1 unspecified atom stereocenters. The van der Waals surface area contributed by atoms with Crippen molar-refractivity contribution in [1.29, 1.82) is 0 Å². The van der Waals surface area contributed by atoms with Crippen molar-refractivity contribution in [2.24, 2.45) is 11.3 Å². The second kappa shape index (κ2) is 15.3. The fraction of sp³-hybridized carbons (Fsp3) is 0.484. The molecule has 0 aliphatic carbocycles. The van der Waals surface area contributed by atoms with E-state index in [2.05, 4.69) is 13.8 Å². The van der Waals surface area contributed by atoms with Gasteiger partial charge >= 0.3 is 0 Å². The van der Waals surface area contributed by atoms with Crippen molar-refractivity contribution in [2.75, 3.05) is 13.2 Å². The standard InChI is InChI=1S/C29H36O4S2.C2H6/c1-20(18-30)8-6-9-23-14-21(32)16-27(34-23)25-11-4-5-12-26(25)28-17-22(33)15-24(35-28)10-7-13-29(2,3)19-31;1-2/h4-5,11-12,14-17,20,30-31H,6-10,13,18-19H2,1-3H3;1-2H3. The number of hydrogen-bond donors (Lipinski definition) is 2. The lowest BCUT2D eigenvalue weighted by Gasteiger charge is -2.21. The summed E-state index contributed by atoms with van der Waals surface area (Å²) in [5, 5.41) is 18.8. The summed E-state index contributed by atoms with van der Waals surface area (Å²) in [5.74, 6) is 0.264. The van der Waals surface area contributed by atoms with Gasteiger partial charge < -0.3 is 10.2 Å². The van der Waals surface area contributed by atoms with Gasteiger partial charge in [-0.1, -0.05) is 58.9 Å². The van der Waals surface area contributed by atoms with Crippen LogP contribution in [0.1, 0.15) is 70.1 Å². The largest absolute Gasteiger partial charge is 0.396 e. The first-order valence-electron chi connectivity index (χ1n) is 13.3. The second-order valence-corrected chi connectivity index (χ2v) is 12.5. The number of aliphatic hydroxyl groups excluding tert-OH is 2. The lowest BCUT2D eigenvalue weighted by Crippen LogP contribution is -2.16. The van der Waals surface area contributed by atoms with E-state index < -0.39 is 0 Å². The van der Waals surface area contributed by atoms with Gasteiger partial charge in [-0.15, -0.1) is 22.7 Å². The number of aliphatic hydroxyl groups is 2. The molecule has 3 aromatic rings. The predicted molar refractivity (Wildman–Crippen MR) is 160 cm³/mol. The molecule has 202 valence electrons. The van der Waals surface area contributed by atoms with Crippen LogP contribution < -0.4 is 10.9 Å². The first-order chi connectivity index (χ1) is 17.7. The summed E-state index contributed by atoms with van der Waals surface area (Å²) in [6, 6.07) is 14.8. The van der Waals surface area contributed by atoms with E-state index in [0.717, 1.165) is 69.2 Å². The number of hydrogen-bond acceptors (Lipinski definition) is 6. The molecular weight excluding hydrogens is 500 g/mol. The Bertz CT molecular complexity index is 1230. The summed E-state index contributed by atoms with van der Waals surface area (Å²) >= 11 is 3.25. The maximum absolute atomic E-state index is 12.6. The minimum absolute atomic E-state index is 0.00723. The fourth-order valence-electron chi connectivity index (χ4n) is 4.02. The van der Waals surface area contributed by atoms with Crippen molar-refractivity contribution in [3.63, 3.8) is 0 Å². The quantitative estimate of drug-likeness (QED) is 0.254. The minimum Gasteiger partial charge on any atom is -0.396 e. The highest BCUT2D eigenvalue weighted by Crippen LogP contribution is 2.37. The van der Waals surface area contributed by atoms with E-state index in [-0.39, 0.29) is 35.4 Å². The third kappa shape index (κ3) is 9.93. The summed E-state index contributed by atoms with van der Waals surface area (Å²) in [5.41, 5.74) is 1.80. The van der Waals surface area contributed by atoms with Gasteiger partial charge in [-0.3, -0.25) is 9.59 Å². The van der Waals surface area contributed by atoms with E-state index in [4.69, 9.17) is 0 Å². The minimum atomic E-state index is -0.117. The van der Waals surface area contributed by atoms with Gasteiger partial charge in [-0.25, -0.2) is 0 Å². The van der Waals surface area contributed by atoms with Crippen LogP contribution in [0.5, 0.6) is 0 Å². The second-order valence-electron chi connectivity index (χ2n) is 10.1. The third-order valence-corrected chi connectivity index (χ3v) is 8.51. The molecule has 0 saturated heterocycles. The van der Waals surface area contributed by atoms with Gasteiger partial charge in [0.25, 0.3) is 0 Å². The predicted octanol–water partition coefficient (Wildman–Crippen LogP) is 7.18. The molecule has 0 saturated carbocycles. The molecule has 37 heavy (non-hydrogen) atoms. The zero-order valence-corrected chi connectivity index (χ0v) is 24.5. The molecule has 2 heterocycles. The molecule has 2 aromatic heterocycles. The average Bonchev–Trinajstić information content (AvgIpc) is 2.89. The molecule has 1 atom stereocenters. The fourth-order valence-corrected chi connectivity index (χ4v) is 6.35. The first-order valence-corrected chi connectivity index (χ1v) is 14.9. The van der Waals surface area contributed by atoms with Gasteiger partial charge in [0.1, 0.15) is 0 Å². The summed E-state index contributed by atoms with van der Waals surface area (Å²) in [4.78, 5) is 29.0. The molecule has 0 spiro atoms. The Balaban J connectivity index is 0.00000235. The van der Waals surface area contributed by atoms with E-state index in [0.29, 0.717) is 0 Å². The smallest absolute Gasteiger partial charge is 0.181 e. The van der Waals surface area contributed by atoms with Gasteiger partial charge in [0.05, 0.1) is 0 Å². The number of rotatable bonds is 12. The Morgan fingerprint density at radius 1 is 0.811 bits per heavy atom. The highest BCUT2D eigenvalue weighted by atomic mass is 32.1. The van der Waals surface area contributed by atoms with Crippen LogP contribution in [0.4, 0.5) is 0 Å². The van der Waals surface area contributed by atoms with Gasteiger partial charge in [-0.2, -0.15) is 0 Å². The van der Waals surface area contributed by atoms with Crippen LogP contribution in [-0.2, 0) is 12.8 Å². The maximum Gasteiger partial charge on any atom is 0.181 e. The molecule has 0 amide bonds. The molecule has 0 aliphatic heterocycles. The Morgan fingerprint density at radius 3 is 1.76 bits per heavy atom. The van der Waals surface area contributed by atoms with Crippen LogP contribution in [0.15, 0.2) is 58.1 Å². The van der Waals surface area contributed by atoms with E-state index in [1.54, 1.807) is 46.9 Å². The molecule has 1 aromatic carbocycles. The molecule has 4 nitrogen and oxygen atoms in total. The summed E-state index contributed by atoms with van der Waals surface area (Å²) in [6.07, 6.45) is 5.27. The van der Waals surface area contributed by atoms with Crippen molar-refractivity contribution >= 4 is 22.7 Å². The first kappa shape index (κ1) is 31.1. The summed E-state index contributed by atoms with van der Waals surface area (Å²) in [7, 11) is 0. The molecule has 0 radical (unpaired) electrons. The van der Waals surface area contributed by atoms with Crippen molar-refractivity contribution < 1.29 is 10.2 Å². The molecular formula is C31H42O4S2. The number of aryl methyl sites for hydroxylation is 2. The van der Waals surface area contributed by atoms with Crippen LogP contribution in [0.2, 0.25) is 0 Å². The summed E-state index contributed by atoms with van der Waals surface area (Å²) in [6.45, 7) is 10.5. The average molecular weight is 543 g/mol. The lowest BCUT2D eigenvalue weighted by atomic mass is 9.88. The third-order valence-electron chi connectivity index (χ3n) is 6.23. The van der Waals surface area contributed by atoms with E-state index in [1.807, 2.05) is 45.0 Å². The number of benzene rings is 1. The molecule has 2 N–H and O–H groups in total. The van der Waals surface area contributed by atoms with Crippen molar-refractivity contribution in [3.05, 3.63) is 78.7 Å². The monoisotopic (exact) mass is 542 g/mol. The molecule has 0 aliphatic rings. The lowest BCUT2D eigenvalue weighted by molar-refractivity contribution is 0.148. The van der Waals surface area contributed by atoms with E-state index in [9.17, 15) is 19.8 Å². The summed E-state index contributed by atoms with van der Waals surface area (Å²) < 4.78 is 0. The van der Waals surface area contributed by atoms with Crippen LogP contribution in [-0.4, -0.2) is 23.4 Å².